The SMILES string of the molecule is Cc1ccc(NC(=O)COC(=O)[C@H]2CC(=O)N(C3CCCCC3)C2)cc1Cl. The Labute approximate surface area is 164 Å². The van der Waals surface area contributed by atoms with E-state index in [9.17, 15) is 14.4 Å². The lowest BCUT2D eigenvalue weighted by atomic mass is 9.94. The number of hydrogen-bond acceptors (Lipinski definition) is 4. The lowest BCUT2D eigenvalue weighted by Gasteiger charge is -2.31. The molecule has 1 atom stereocenters. The minimum atomic E-state index is -0.487. The number of benzene rings is 1. The van der Waals surface area contributed by atoms with Crippen LogP contribution in [0.15, 0.2) is 18.2 Å². The molecule has 1 aromatic carbocycles. The zero-order valence-corrected chi connectivity index (χ0v) is 16.3. The molecule has 146 valence electrons. The maximum Gasteiger partial charge on any atom is 0.311 e. The van der Waals surface area contributed by atoms with Crippen LogP contribution in [0.3, 0.4) is 0 Å². The summed E-state index contributed by atoms with van der Waals surface area (Å²) in [5.41, 5.74) is 1.46. The van der Waals surface area contributed by atoms with E-state index in [4.69, 9.17) is 16.3 Å². The number of anilines is 1. The molecule has 27 heavy (non-hydrogen) atoms. The fraction of sp³-hybridized carbons (Fsp3) is 0.550. The molecular formula is C20H25ClN2O4. The van der Waals surface area contributed by atoms with Crippen molar-refractivity contribution in [1.82, 2.24) is 4.90 Å². The Bertz CT molecular complexity index is 731. The first-order valence-electron chi connectivity index (χ1n) is 9.46. The van der Waals surface area contributed by atoms with Gasteiger partial charge in [0.2, 0.25) is 5.91 Å². The van der Waals surface area contributed by atoms with Crippen LogP contribution >= 0.6 is 11.6 Å². The smallest absolute Gasteiger partial charge is 0.311 e. The van der Waals surface area contributed by atoms with Crippen LogP contribution in [0.1, 0.15) is 44.1 Å². The number of rotatable bonds is 5. The van der Waals surface area contributed by atoms with Crippen LogP contribution in [0.25, 0.3) is 0 Å². The Morgan fingerprint density at radius 3 is 2.70 bits per heavy atom. The molecule has 6 nitrogen and oxygen atoms in total. The number of ether oxygens (including phenoxy) is 1. The second-order valence-corrected chi connectivity index (χ2v) is 7.77. The van der Waals surface area contributed by atoms with Crippen molar-refractivity contribution in [3.8, 4) is 0 Å². The van der Waals surface area contributed by atoms with E-state index in [-0.39, 0.29) is 25.0 Å². The van der Waals surface area contributed by atoms with Crippen LogP contribution in [0.4, 0.5) is 5.69 Å². The summed E-state index contributed by atoms with van der Waals surface area (Å²) < 4.78 is 5.14. The molecule has 0 radical (unpaired) electrons. The highest BCUT2D eigenvalue weighted by Gasteiger charge is 2.39. The lowest BCUT2D eigenvalue weighted by Crippen LogP contribution is -2.38. The van der Waals surface area contributed by atoms with E-state index in [0.29, 0.717) is 17.3 Å². The van der Waals surface area contributed by atoms with E-state index in [1.165, 1.54) is 6.42 Å². The summed E-state index contributed by atoms with van der Waals surface area (Å²) >= 11 is 6.03. The summed E-state index contributed by atoms with van der Waals surface area (Å²) in [6.07, 6.45) is 5.67. The number of carbonyl (C=O) groups is 3. The number of nitrogens with zero attached hydrogens (tertiary/aromatic N) is 1. The van der Waals surface area contributed by atoms with Gasteiger partial charge >= 0.3 is 5.97 Å². The standard InChI is InChI=1S/C20H25ClN2O4/c1-13-7-8-15(10-17(13)21)22-18(24)12-27-20(26)14-9-19(25)23(11-14)16-5-3-2-4-6-16/h7-8,10,14,16H,2-6,9,11-12H2,1H3,(H,22,24)/t14-/m0/s1. The summed E-state index contributed by atoms with van der Waals surface area (Å²) in [5, 5.41) is 3.20. The van der Waals surface area contributed by atoms with E-state index in [1.807, 2.05) is 11.8 Å². The highest BCUT2D eigenvalue weighted by molar-refractivity contribution is 6.31. The first-order chi connectivity index (χ1) is 12.9. The van der Waals surface area contributed by atoms with Gasteiger partial charge in [-0.2, -0.15) is 0 Å². The van der Waals surface area contributed by atoms with Crippen molar-refractivity contribution in [1.29, 1.82) is 0 Å². The summed E-state index contributed by atoms with van der Waals surface area (Å²) in [6, 6.07) is 5.43. The fourth-order valence-electron chi connectivity index (χ4n) is 3.76. The van der Waals surface area contributed by atoms with Crippen LogP contribution in [0.2, 0.25) is 5.02 Å². The number of esters is 1. The van der Waals surface area contributed by atoms with Crippen molar-refractivity contribution >= 4 is 35.1 Å². The van der Waals surface area contributed by atoms with Crippen molar-refractivity contribution in [2.75, 3.05) is 18.5 Å². The van der Waals surface area contributed by atoms with Gasteiger partial charge in [0, 0.05) is 29.7 Å². The van der Waals surface area contributed by atoms with Crippen LogP contribution in [0, 0.1) is 12.8 Å². The second kappa shape index (κ2) is 8.74. The van der Waals surface area contributed by atoms with Gasteiger partial charge in [0.25, 0.3) is 5.91 Å². The van der Waals surface area contributed by atoms with Crippen molar-refractivity contribution in [2.24, 2.45) is 5.92 Å². The third-order valence-corrected chi connectivity index (χ3v) is 5.72. The predicted molar refractivity (Wildman–Crippen MR) is 102 cm³/mol. The number of likely N-dealkylation sites (tertiary alicyclic amines) is 1. The largest absolute Gasteiger partial charge is 0.455 e. The number of aryl methyl sites for hydroxylation is 1. The molecule has 2 fully saturated rings. The molecule has 0 bridgehead atoms. The number of amides is 2. The highest BCUT2D eigenvalue weighted by Crippen LogP contribution is 2.29. The van der Waals surface area contributed by atoms with Crippen molar-refractivity contribution in [3.63, 3.8) is 0 Å². The number of carbonyl (C=O) groups excluding carboxylic acids is 3. The van der Waals surface area contributed by atoms with E-state index < -0.39 is 17.8 Å². The predicted octanol–water partition coefficient (Wildman–Crippen LogP) is 3.31. The molecule has 1 aliphatic heterocycles. The average Bonchev–Trinajstić information content (AvgIpc) is 3.05. The average molecular weight is 393 g/mol. The Morgan fingerprint density at radius 2 is 2.00 bits per heavy atom. The molecule has 1 heterocycles. The normalized spacial score (nSPS) is 20.6. The van der Waals surface area contributed by atoms with Gasteiger partial charge < -0.3 is 15.0 Å². The van der Waals surface area contributed by atoms with Crippen molar-refractivity contribution in [2.45, 2.75) is 51.5 Å². The molecular weight excluding hydrogens is 368 g/mol. The van der Waals surface area contributed by atoms with Crippen molar-refractivity contribution < 1.29 is 19.1 Å². The second-order valence-electron chi connectivity index (χ2n) is 7.36. The van der Waals surface area contributed by atoms with Gasteiger partial charge in [0.15, 0.2) is 6.61 Å². The summed E-state index contributed by atoms with van der Waals surface area (Å²) in [6.45, 7) is 1.89. The quantitative estimate of drug-likeness (QED) is 0.780. The van der Waals surface area contributed by atoms with Gasteiger partial charge in [-0.15, -0.1) is 0 Å². The molecule has 0 unspecified atom stereocenters. The third-order valence-electron chi connectivity index (χ3n) is 5.31. The summed E-state index contributed by atoms with van der Waals surface area (Å²) in [5.74, 6) is -1.39. The molecule has 1 aromatic rings. The number of nitrogens with one attached hydrogen (secondary N) is 1. The summed E-state index contributed by atoms with van der Waals surface area (Å²) in [7, 11) is 0. The van der Waals surface area contributed by atoms with E-state index in [0.717, 1.165) is 31.2 Å². The minimum absolute atomic E-state index is 0.0163. The molecule has 3 rings (SSSR count). The molecule has 0 spiro atoms. The molecule has 2 aliphatic rings. The zero-order valence-electron chi connectivity index (χ0n) is 15.5. The fourth-order valence-corrected chi connectivity index (χ4v) is 3.94. The topological polar surface area (TPSA) is 75.7 Å². The van der Waals surface area contributed by atoms with Gasteiger partial charge in [0.1, 0.15) is 0 Å². The monoisotopic (exact) mass is 392 g/mol. The van der Waals surface area contributed by atoms with Gasteiger partial charge in [-0.1, -0.05) is 36.9 Å². The van der Waals surface area contributed by atoms with E-state index >= 15 is 0 Å². The first-order valence-corrected chi connectivity index (χ1v) is 9.84. The van der Waals surface area contributed by atoms with Crippen LogP contribution < -0.4 is 5.32 Å². The van der Waals surface area contributed by atoms with Crippen LogP contribution in [-0.4, -0.2) is 41.9 Å². The van der Waals surface area contributed by atoms with Gasteiger partial charge in [-0.3, -0.25) is 14.4 Å². The molecule has 1 N–H and O–H groups in total. The maximum atomic E-state index is 12.3. The zero-order chi connectivity index (χ0) is 19.4. The van der Waals surface area contributed by atoms with Crippen LogP contribution in [-0.2, 0) is 19.1 Å². The molecule has 7 heteroatoms. The maximum absolute atomic E-state index is 12.3. The Morgan fingerprint density at radius 1 is 1.26 bits per heavy atom. The Hall–Kier alpha value is -2.08. The highest BCUT2D eigenvalue weighted by atomic mass is 35.5. The molecule has 1 saturated heterocycles. The molecule has 1 saturated carbocycles. The molecule has 2 amide bonds. The van der Waals surface area contributed by atoms with Gasteiger partial charge in [0.05, 0.1) is 5.92 Å². The van der Waals surface area contributed by atoms with E-state index in [2.05, 4.69) is 5.32 Å². The third kappa shape index (κ3) is 5.01. The lowest BCUT2D eigenvalue weighted by molar-refractivity contribution is -0.151. The van der Waals surface area contributed by atoms with Gasteiger partial charge in [-0.05, 0) is 37.5 Å². The Balaban J connectivity index is 1.46. The first kappa shape index (κ1) is 19.7. The van der Waals surface area contributed by atoms with E-state index in [1.54, 1.807) is 18.2 Å². The van der Waals surface area contributed by atoms with Gasteiger partial charge in [-0.25, -0.2) is 0 Å². The number of halogens is 1. The molecule has 0 aromatic heterocycles. The Kier molecular flexibility index (Phi) is 6.37. The summed E-state index contributed by atoms with van der Waals surface area (Å²) in [4.78, 5) is 38.4. The van der Waals surface area contributed by atoms with Crippen LogP contribution in [0.5, 0.6) is 0 Å². The van der Waals surface area contributed by atoms with Crippen molar-refractivity contribution in [3.05, 3.63) is 28.8 Å². The number of hydrogen-bond donors (Lipinski definition) is 1. The minimum Gasteiger partial charge on any atom is -0.455 e. The molecule has 1 aliphatic carbocycles.